The number of aldehydes is 1. The Bertz CT molecular complexity index is 663. The van der Waals surface area contributed by atoms with Crippen LogP contribution in [0, 0.1) is 0 Å². The number of phenols is 1. The number of esters is 1. The summed E-state index contributed by atoms with van der Waals surface area (Å²) in [6.45, 7) is 1.85. The highest BCUT2D eigenvalue weighted by molar-refractivity contribution is 6.31. The summed E-state index contributed by atoms with van der Waals surface area (Å²) in [4.78, 5) is 22.7. The number of benzene rings is 1. The van der Waals surface area contributed by atoms with Crippen LogP contribution in [0.3, 0.4) is 0 Å². The molecule has 0 aliphatic heterocycles. The molecule has 0 radical (unpaired) electrons. The molecule has 2 aromatic rings. The number of aromatic hydroxyl groups is 1. The van der Waals surface area contributed by atoms with Crippen molar-refractivity contribution in [1.82, 2.24) is 4.57 Å². The number of carbonyl (C=O) groups excluding carboxylic acids is 2. The molecule has 1 aromatic heterocycles. The van der Waals surface area contributed by atoms with E-state index in [0.29, 0.717) is 12.0 Å². The summed E-state index contributed by atoms with van der Waals surface area (Å²) < 4.78 is 6.30. The first-order chi connectivity index (χ1) is 9.58. The van der Waals surface area contributed by atoms with Gasteiger partial charge in [-0.15, -0.1) is 0 Å². The summed E-state index contributed by atoms with van der Waals surface area (Å²) in [6, 6.07) is 6.01. The first-order valence-corrected chi connectivity index (χ1v) is 6.28. The molecule has 0 aliphatic rings. The van der Waals surface area contributed by atoms with Crippen LogP contribution in [0.2, 0.25) is 5.02 Å². The van der Waals surface area contributed by atoms with Gasteiger partial charge in [0, 0.05) is 11.2 Å². The molecule has 1 aromatic carbocycles. The van der Waals surface area contributed by atoms with Crippen LogP contribution < -0.4 is 0 Å². The lowest BCUT2D eigenvalue weighted by atomic mass is 10.1. The lowest BCUT2D eigenvalue weighted by molar-refractivity contribution is 0.0523. The van der Waals surface area contributed by atoms with Gasteiger partial charge in [-0.3, -0.25) is 4.79 Å². The maximum Gasteiger partial charge on any atom is 0.342 e. The fourth-order valence-corrected chi connectivity index (χ4v) is 2.05. The Morgan fingerprint density at radius 3 is 2.90 bits per heavy atom. The highest BCUT2D eigenvalue weighted by Gasteiger charge is 2.19. The molecule has 0 fully saturated rings. The van der Waals surface area contributed by atoms with Crippen LogP contribution in [0.1, 0.15) is 27.8 Å². The zero-order valence-electron chi connectivity index (χ0n) is 10.7. The lowest BCUT2D eigenvalue weighted by Gasteiger charge is -2.12. The molecular formula is C14H12ClNO4. The normalized spacial score (nSPS) is 10.3. The third kappa shape index (κ3) is 2.53. The van der Waals surface area contributed by atoms with Crippen LogP contribution in [0.4, 0.5) is 0 Å². The summed E-state index contributed by atoms with van der Waals surface area (Å²) >= 11 is 5.96. The molecule has 0 aliphatic carbocycles. The van der Waals surface area contributed by atoms with E-state index in [-0.39, 0.29) is 28.6 Å². The van der Waals surface area contributed by atoms with E-state index in [4.69, 9.17) is 16.3 Å². The number of rotatable bonds is 4. The van der Waals surface area contributed by atoms with Gasteiger partial charge in [-0.1, -0.05) is 11.6 Å². The Morgan fingerprint density at radius 2 is 2.25 bits per heavy atom. The van der Waals surface area contributed by atoms with Gasteiger partial charge in [-0.25, -0.2) is 4.79 Å². The predicted octanol–water partition coefficient (Wildman–Crippen LogP) is 2.83. The van der Waals surface area contributed by atoms with Crippen molar-refractivity contribution in [3.8, 4) is 11.4 Å². The molecule has 5 nitrogen and oxygen atoms in total. The number of hydrogen-bond donors (Lipinski definition) is 1. The van der Waals surface area contributed by atoms with Crippen molar-refractivity contribution in [2.45, 2.75) is 6.92 Å². The Balaban J connectivity index is 2.60. The first-order valence-electron chi connectivity index (χ1n) is 5.91. The summed E-state index contributed by atoms with van der Waals surface area (Å²) in [7, 11) is 0. The van der Waals surface area contributed by atoms with E-state index in [9.17, 15) is 14.7 Å². The Kier molecular flexibility index (Phi) is 4.10. The molecule has 0 spiro atoms. The third-order valence-electron chi connectivity index (χ3n) is 2.71. The van der Waals surface area contributed by atoms with Gasteiger partial charge in [0.1, 0.15) is 5.56 Å². The van der Waals surface area contributed by atoms with Gasteiger partial charge in [0.2, 0.25) is 0 Å². The maximum atomic E-state index is 11.8. The molecule has 2 rings (SSSR count). The van der Waals surface area contributed by atoms with Crippen molar-refractivity contribution < 1.29 is 19.4 Å². The maximum absolute atomic E-state index is 11.8. The predicted molar refractivity (Wildman–Crippen MR) is 73.8 cm³/mol. The molecule has 0 atom stereocenters. The average Bonchev–Trinajstić information content (AvgIpc) is 2.89. The monoisotopic (exact) mass is 293 g/mol. The van der Waals surface area contributed by atoms with Gasteiger partial charge in [-0.05, 0) is 31.2 Å². The quantitative estimate of drug-likeness (QED) is 0.695. The molecule has 0 saturated carbocycles. The smallest absolute Gasteiger partial charge is 0.342 e. The van der Waals surface area contributed by atoms with E-state index in [0.717, 1.165) is 0 Å². The Morgan fingerprint density at radius 1 is 1.50 bits per heavy atom. The molecule has 1 N–H and O–H groups in total. The topological polar surface area (TPSA) is 68.5 Å². The zero-order valence-corrected chi connectivity index (χ0v) is 11.4. The Labute approximate surface area is 120 Å². The number of nitrogens with zero attached hydrogens (tertiary/aromatic N) is 1. The van der Waals surface area contributed by atoms with Crippen molar-refractivity contribution in [3.05, 3.63) is 46.7 Å². The number of phenolic OH excluding ortho intramolecular Hbond substituents is 1. The average molecular weight is 294 g/mol. The minimum absolute atomic E-state index is 0.0418. The minimum atomic E-state index is -0.673. The highest BCUT2D eigenvalue weighted by Crippen LogP contribution is 2.31. The first kappa shape index (κ1) is 14.1. The van der Waals surface area contributed by atoms with Gasteiger partial charge >= 0.3 is 5.97 Å². The van der Waals surface area contributed by atoms with Crippen LogP contribution in [-0.2, 0) is 4.74 Å². The number of halogens is 1. The van der Waals surface area contributed by atoms with Gasteiger partial charge in [-0.2, -0.15) is 0 Å². The standard InChI is InChI=1S/C14H12ClNO4/c1-2-20-14(19)11-6-9(15)7-12(13(11)18)16-5-3-4-10(16)8-17/h3-8,18H,2H2,1H3. The summed E-state index contributed by atoms with van der Waals surface area (Å²) in [5, 5.41) is 10.5. The molecule has 104 valence electrons. The van der Waals surface area contributed by atoms with Crippen LogP contribution in [-0.4, -0.2) is 28.5 Å². The lowest BCUT2D eigenvalue weighted by Crippen LogP contribution is -2.07. The fourth-order valence-electron chi connectivity index (χ4n) is 1.84. The van der Waals surface area contributed by atoms with E-state index in [1.165, 1.54) is 16.7 Å². The largest absolute Gasteiger partial charge is 0.505 e. The molecule has 6 heteroatoms. The fraction of sp³-hybridized carbons (Fsp3) is 0.143. The van der Waals surface area contributed by atoms with Crippen molar-refractivity contribution in [2.24, 2.45) is 0 Å². The van der Waals surface area contributed by atoms with E-state index >= 15 is 0 Å². The number of ether oxygens (including phenoxy) is 1. The van der Waals surface area contributed by atoms with Gasteiger partial charge < -0.3 is 14.4 Å². The van der Waals surface area contributed by atoms with E-state index in [2.05, 4.69) is 0 Å². The molecule has 0 amide bonds. The van der Waals surface area contributed by atoms with Gasteiger partial charge in [0.15, 0.2) is 12.0 Å². The van der Waals surface area contributed by atoms with Crippen molar-refractivity contribution in [2.75, 3.05) is 6.61 Å². The van der Waals surface area contributed by atoms with Crippen molar-refractivity contribution in [1.29, 1.82) is 0 Å². The molecule has 0 unspecified atom stereocenters. The summed E-state index contributed by atoms with van der Waals surface area (Å²) in [5.74, 6) is -0.958. The second kappa shape index (κ2) is 5.79. The molecule has 20 heavy (non-hydrogen) atoms. The zero-order chi connectivity index (χ0) is 14.7. The van der Waals surface area contributed by atoms with Crippen LogP contribution >= 0.6 is 11.6 Å². The second-order valence-corrected chi connectivity index (χ2v) is 4.40. The molecule has 1 heterocycles. The van der Waals surface area contributed by atoms with Crippen LogP contribution in [0.25, 0.3) is 5.69 Å². The molecular weight excluding hydrogens is 282 g/mol. The highest BCUT2D eigenvalue weighted by atomic mass is 35.5. The number of aromatic nitrogens is 1. The van der Waals surface area contributed by atoms with E-state index in [1.807, 2.05) is 0 Å². The van der Waals surface area contributed by atoms with E-state index < -0.39 is 5.97 Å². The second-order valence-electron chi connectivity index (χ2n) is 3.96. The number of carbonyl (C=O) groups is 2. The van der Waals surface area contributed by atoms with Crippen LogP contribution in [0.5, 0.6) is 5.75 Å². The molecule has 0 saturated heterocycles. The van der Waals surface area contributed by atoms with Gasteiger partial charge in [0.25, 0.3) is 0 Å². The van der Waals surface area contributed by atoms with Crippen molar-refractivity contribution >= 4 is 23.9 Å². The SMILES string of the molecule is CCOC(=O)c1cc(Cl)cc(-n2cccc2C=O)c1O. The summed E-state index contributed by atoms with van der Waals surface area (Å²) in [5.41, 5.74) is 0.532. The summed E-state index contributed by atoms with van der Waals surface area (Å²) in [6.07, 6.45) is 2.23. The van der Waals surface area contributed by atoms with E-state index in [1.54, 1.807) is 25.3 Å². The van der Waals surface area contributed by atoms with Crippen molar-refractivity contribution in [3.63, 3.8) is 0 Å². The van der Waals surface area contributed by atoms with Gasteiger partial charge in [0.05, 0.1) is 18.0 Å². The minimum Gasteiger partial charge on any atom is -0.505 e. The third-order valence-corrected chi connectivity index (χ3v) is 2.93. The number of hydrogen-bond acceptors (Lipinski definition) is 4. The van der Waals surface area contributed by atoms with Crippen LogP contribution in [0.15, 0.2) is 30.5 Å². The molecule has 0 bridgehead atoms. The Hall–Kier alpha value is -2.27.